The molecule has 68 valence electrons. The number of hydrogen-bond donors (Lipinski definition) is 0. The Morgan fingerprint density at radius 2 is 1.17 bits per heavy atom. The van der Waals surface area contributed by atoms with Gasteiger partial charge in [0.2, 0.25) is 11.8 Å². The zero-order chi connectivity index (χ0) is 9.46. The van der Waals surface area contributed by atoms with E-state index in [1.54, 1.807) is 27.9 Å². The van der Waals surface area contributed by atoms with Crippen molar-refractivity contribution < 1.29 is 9.59 Å². The van der Waals surface area contributed by atoms with Gasteiger partial charge in [0.05, 0.1) is 0 Å². The first-order chi connectivity index (χ1) is 5.46. The van der Waals surface area contributed by atoms with E-state index in [9.17, 15) is 9.59 Å². The van der Waals surface area contributed by atoms with Gasteiger partial charge >= 0.3 is 0 Å². The maximum atomic E-state index is 11.4. The van der Waals surface area contributed by atoms with Crippen LogP contribution in [0.3, 0.4) is 0 Å². The second kappa shape index (κ2) is 2.77. The normalized spacial score (nSPS) is 31.3. The van der Waals surface area contributed by atoms with Gasteiger partial charge in [0.25, 0.3) is 0 Å². The first kappa shape index (κ1) is 9.03. The minimum absolute atomic E-state index is 0.00426. The van der Waals surface area contributed by atoms with Crippen molar-refractivity contribution in [1.82, 2.24) is 9.80 Å². The van der Waals surface area contributed by atoms with Crippen LogP contribution in [0.1, 0.15) is 13.8 Å². The third-order valence-electron chi connectivity index (χ3n) is 2.57. The molecule has 1 aliphatic heterocycles. The molecule has 0 spiro atoms. The van der Waals surface area contributed by atoms with Crippen molar-refractivity contribution in [2.45, 2.75) is 25.9 Å². The molecule has 1 fully saturated rings. The topological polar surface area (TPSA) is 40.6 Å². The van der Waals surface area contributed by atoms with E-state index in [2.05, 4.69) is 0 Å². The lowest BCUT2D eigenvalue weighted by Gasteiger charge is -2.38. The predicted molar refractivity (Wildman–Crippen MR) is 44.5 cm³/mol. The quantitative estimate of drug-likeness (QED) is 0.500. The zero-order valence-corrected chi connectivity index (χ0v) is 7.87. The van der Waals surface area contributed by atoms with E-state index in [1.807, 2.05) is 0 Å². The molecule has 0 aliphatic carbocycles. The van der Waals surface area contributed by atoms with Crippen molar-refractivity contribution in [3.63, 3.8) is 0 Å². The maximum Gasteiger partial charge on any atom is 0.245 e. The van der Waals surface area contributed by atoms with Crippen LogP contribution in [0.4, 0.5) is 0 Å². The van der Waals surface area contributed by atoms with E-state index in [0.29, 0.717) is 0 Å². The van der Waals surface area contributed by atoms with Crippen LogP contribution in [0.5, 0.6) is 0 Å². The van der Waals surface area contributed by atoms with E-state index < -0.39 is 0 Å². The lowest BCUT2D eigenvalue weighted by atomic mass is 10.1. The standard InChI is InChI=1S/C8H14N2O2/c1-5-7(11)10(4)6(2)8(12)9(5)3/h5-6H,1-4H3/t5-,6-/m0/s1. The van der Waals surface area contributed by atoms with Gasteiger partial charge in [0.15, 0.2) is 0 Å². The van der Waals surface area contributed by atoms with Crippen molar-refractivity contribution in [3.05, 3.63) is 0 Å². The number of rotatable bonds is 0. The van der Waals surface area contributed by atoms with Crippen LogP contribution in [0.25, 0.3) is 0 Å². The number of hydrogen-bond acceptors (Lipinski definition) is 2. The lowest BCUT2D eigenvalue weighted by Crippen LogP contribution is -2.60. The van der Waals surface area contributed by atoms with Crippen LogP contribution in [-0.2, 0) is 9.59 Å². The Morgan fingerprint density at radius 3 is 1.42 bits per heavy atom. The number of carbonyl (C=O) groups excluding carboxylic acids is 2. The molecule has 1 heterocycles. The van der Waals surface area contributed by atoms with Crippen LogP contribution >= 0.6 is 0 Å². The Morgan fingerprint density at radius 1 is 0.917 bits per heavy atom. The highest BCUT2D eigenvalue weighted by Gasteiger charge is 2.37. The second-order valence-electron chi connectivity index (χ2n) is 3.25. The number of carbonyl (C=O) groups is 2. The van der Waals surface area contributed by atoms with E-state index in [0.717, 1.165) is 0 Å². The van der Waals surface area contributed by atoms with E-state index in [4.69, 9.17) is 0 Å². The predicted octanol–water partition coefficient (Wildman–Crippen LogP) is -0.306. The fourth-order valence-corrected chi connectivity index (χ4v) is 1.30. The van der Waals surface area contributed by atoms with Gasteiger partial charge in [-0.1, -0.05) is 0 Å². The van der Waals surface area contributed by atoms with Crippen LogP contribution in [0.2, 0.25) is 0 Å². The summed E-state index contributed by atoms with van der Waals surface area (Å²) in [5, 5.41) is 0. The first-order valence-corrected chi connectivity index (χ1v) is 4.00. The molecule has 0 aromatic rings. The second-order valence-corrected chi connectivity index (χ2v) is 3.25. The molecular formula is C8H14N2O2. The molecule has 0 saturated carbocycles. The molecule has 0 aromatic carbocycles. The summed E-state index contributed by atoms with van der Waals surface area (Å²) in [5.74, 6) is 0.00852. The summed E-state index contributed by atoms with van der Waals surface area (Å²) < 4.78 is 0. The smallest absolute Gasteiger partial charge is 0.245 e. The number of likely N-dealkylation sites (N-methyl/N-ethyl adjacent to an activating group) is 2. The van der Waals surface area contributed by atoms with E-state index in [-0.39, 0.29) is 23.9 Å². The SMILES string of the molecule is C[C@H]1C(=O)N(C)[C@@H](C)C(=O)N1C. The molecule has 1 aliphatic rings. The number of nitrogens with zero attached hydrogens (tertiary/aromatic N) is 2. The summed E-state index contributed by atoms with van der Waals surface area (Å²) in [5.41, 5.74) is 0. The molecule has 0 N–H and O–H groups in total. The molecule has 2 amide bonds. The summed E-state index contributed by atoms with van der Waals surface area (Å²) in [7, 11) is 3.32. The van der Waals surface area contributed by atoms with Gasteiger partial charge in [-0.25, -0.2) is 0 Å². The summed E-state index contributed by atoms with van der Waals surface area (Å²) in [6.07, 6.45) is 0. The molecule has 0 radical (unpaired) electrons. The van der Waals surface area contributed by atoms with Gasteiger partial charge in [-0.3, -0.25) is 9.59 Å². The van der Waals surface area contributed by atoms with Gasteiger partial charge in [0, 0.05) is 14.1 Å². The summed E-state index contributed by atoms with van der Waals surface area (Å²) in [6.45, 7) is 3.48. The molecule has 1 saturated heterocycles. The summed E-state index contributed by atoms with van der Waals surface area (Å²) >= 11 is 0. The molecule has 2 atom stereocenters. The highest BCUT2D eigenvalue weighted by Crippen LogP contribution is 2.13. The van der Waals surface area contributed by atoms with Gasteiger partial charge in [-0.05, 0) is 13.8 Å². The Labute approximate surface area is 72.1 Å². The van der Waals surface area contributed by atoms with Gasteiger partial charge < -0.3 is 9.80 Å². The monoisotopic (exact) mass is 170 g/mol. The Bertz CT molecular complexity index is 183. The van der Waals surface area contributed by atoms with Gasteiger partial charge in [-0.2, -0.15) is 0 Å². The van der Waals surface area contributed by atoms with E-state index in [1.165, 1.54) is 9.80 Å². The van der Waals surface area contributed by atoms with Crippen molar-refractivity contribution in [1.29, 1.82) is 0 Å². The van der Waals surface area contributed by atoms with Gasteiger partial charge in [-0.15, -0.1) is 0 Å². The largest absolute Gasteiger partial charge is 0.332 e. The Kier molecular flexibility index (Phi) is 2.08. The Hall–Kier alpha value is -1.06. The van der Waals surface area contributed by atoms with Crippen molar-refractivity contribution in [2.24, 2.45) is 0 Å². The van der Waals surface area contributed by atoms with Crippen LogP contribution in [0, 0.1) is 0 Å². The maximum absolute atomic E-state index is 11.4. The van der Waals surface area contributed by atoms with Crippen LogP contribution in [-0.4, -0.2) is 47.8 Å². The molecule has 0 bridgehead atoms. The van der Waals surface area contributed by atoms with Crippen molar-refractivity contribution in [3.8, 4) is 0 Å². The number of amides is 2. The highest BCUT2D eigenvalue weighted by molar-refractivity contribution is 5.96. The number of piperazine rings is 1. The molecule has 4 nitrogen and oxygen atoms in total. The minimum Gasteiger partial charge on any atom is -0.332 e. The fraction of sp³-hybridized carbons (Fsp3) is 0.750. The summed E-state index contributed by atoms with van der Waals surface area (Å²) in [4.78, 5) is 25.8. The highest BCUT2D eigenvalue weighted by atomic mass is 16.2. The first-order valence-electron chi connectivity index (χ1n) is 4.00. The molecular weight excluding hydrogens is 156 g/mol. The average Bonchev–Trinajstić information content (AvgIpc) is 2.08. The molecule has 0 aromatic heterocycles. The van der Waals surface area contributed by atoms with Crippen LogP contribution in [0.15, 0.2) is 0 Å². The van der Waals surface area contributed by atoms with Crippen LogP contribution < -0.4 is 0 Å². The summed E-state index contributed by atoms with van der Waals surface area (Å²) in [6, 6.07) is -0.641. The average molecular weight is 170 g/mol. The Balaban J connectivity index is 2.91. The third-order valence-corrected chi connectivity index (χ3v) is 2.57. The third kappa shape index (κ3) is 1.07. The minimum atomic E-state index is -0.321. The molecule has 4 heteroatoms. The molecule has 12 heavy (non-hydrogen) atoms. The zero-order valence-electron chi connectivity index (χ0n) is 7.87. The van der Waals surface area contributed by atoms with Crippen molar-refractivity contribution >= 4 is 11.8 Å². The fourth-order valence-electron chi connectivity index (χ4n) is 1.30. The van der Waals surface area contributed by atoms with E-state index >= 15 is 0 Å². The van der Waals surface area contributed by atoms with Gasteiger partial charge in [0.1, 0.15) is 12.1 Å². The molecule has 0 unspecified atom stereocenters. The lowest BCUT2D eigenvalue weighted by molar-refractivity contribution is -0.156. The molecule has 1 rings (SSSR count). The van der Waals surface area contributed by atoms with Crippen molar-refractivity contribution in [2.75, 3.05) is 14.1 Å².